The van der Waals surface area contributed by atoms with Gasteiger partial charge in [0, 0.05) is 0 Å². The third-order valence-electron chi connectivity index (χ3n) is 4.76. The summed E-state index contributed by atoms with van der Waals surface area (Å²) in [5.74, 6) is -0.325. The van der Waals surface area contributed by atoms with Gasteiger partial charge < -0.3 is 5.32 Å². The molecule has 2 atom stereocenters. The molecule has 0 unspecified atom stereocenters. The Balaban J connectivity index is 2.30. The van der Waals surface area contributed by atoms with Crippen molar-refractivity contribution in [3.8, 4) is 0 Å². The van der Waals surface area contributed by atoms with E-state index in [0.717, 1.165) is 22.9 Å². The second-order valence-electron chi connectivity index (χ2n) is 6.88. The lowest BCUT2D eigenvalue weighted by Gasteiger charge is -2.30. The number of hydrogen-bond donors (Lipinski definition) is 1. The molecular formula is C21H28N2O3S. The van der Waals surface area contributed by atoms with E-state index in [-0.39, 0.29) is 11.9 Å². The molecule has 27 heavy (non-hydrogen) atoms. The monoisotopic (exact) mass is 388 g/mol. The first-order chi connectivity index (χ1) is 12.6. The van der Waals surface area contributed by atoms with Crippen LogP contribution in [0.4, 0.5) is 5.69 Å². The van der Waals surface area contributed by atoms with E-state index in [0.29, 0.717) is 12.1 Å². The third-order valence-corrected chi connectivity index (χ3v) is 6.00. The molecule has 2 rings (SSSR count). The van der Waals surface area contributed by atoms with Crippen LogP contribution >= 0.6 is 0 Å². The fourth-order valence-corrected chi connectivity index (χ4v) is 4.24. The number of hydrogen-bond acceptors (Lipinski definition) is 3. The van der Waals surface area contributed by atoms with Crippen LogP contribution in [-0.2, 0) is 14.8 Å². The molecular weight excluding hydrogens is 360 g/mol. The summed E-state index contributed by atoms with van der Waals surface area (Å²) >= 11 is 0. The standard InChI is InChI=1S/C21H28N2O3S/c1-6-20(18-10-8-7-9-11-18)22-21(24)17(4)23(27(5,25)26)19-13-12-15(2)16(3)14-19/h7-14,17,20H,6H2,1-5H3,(H,22,24)/t17-,20+/m0/s1. The van der Waals surface area contributed by atoms with E-state index in [1.165, 1.54) is 4.31 Å². The normalized spacial score (nSPS) is 13.7. The lowest BCUT2D eigenvalue weighted by atomic mass is 10.0. The molecule has 2 aromatic carbocycles. The van der Waals surface area contributed by atoms with Crippen molar-refractivity contribution < 1.29 is 13.2 Å². The lowest BCUT2D eigenvalue weighted by Crippen LogP contribution is -2.48. The van der Waals surface area contributed by atoms with Crippen molar-refractivity contribution >= 4 is 21.6 Å². The zero-order valence-corrected chi connectivity index (χ0v) is 17.4. The summed E-state index contributed by atoms with van der Waals surface area (Å²) < 4.78 is 26.1. The van der Waals surface area contributed by atoms with E-state index in [9.17, 15) is 13.2 Å². The molecule has 0 aromatic heterocycles. The van der Waals surface area contributed by atoms with Crippen molar-refractivity contribution in [2.45, 2.75) is 46.2 Å². The van der Waals surface area contributed by atoms with Gasteiger partial charge in [-0.3, -0.25) is 9.10 Å². The van der Waals surface area contributed by atoms with Crippen molar-refractivity contribution in [1.82, 2.24) is 5.32 Å². The quantitative estimate of drug-likeness (QED) is 0.786. The second kappa shape index (κ2) is 8.57. The summed E-state index contributed by atoms with van der Waals surface area (Å²) in [6, 6.07) is 14.1. The van der Waals surface area contributed by atoms with Gasteiger partial charge in [-0.1, -0.05) is 43.3 Å². The van der Waals surface area contributed by atoms with Crippen molar-refractivity contribution in [3.05, 3.63) is 65.2 Å². The zero-order valence-electron chi connectivity index (χ0n) is 16.6. The molecule has 6 heteroatoms. The summed E-state index contributed by atoms with van der Waals surface area (Å²) in [5, 5.41) is 2.99. The Kier molecular flexibility index (Phi) is 6.65. The molecule has 5 nitrogen and oxygen atoms in total. The van der Waals surface area contributed by atoms with Gasteiger partial charge in [0.1, 0.15) is 6.04 Å². The van der Waals surface area contributed by atoms with Gasteiger partial charge in [0.25, 0.3) is 0 Å². The number of aryl methyl sites for hydroxylation is 2. The molecule has 2 aromatic rings. The molecule has 0 heterocycles. The van der Waals surface area contributed by atoms with Gasteiger partial charge in [-0.2, -0.15) is 0 Å². The molecule has 0 radical (unpaired) electrons. The predicted molar refractivity (Wildman–Crippen MR) is 110 cm³/mol. The Morgan fingerprint density at radius 2 is 1.70 bits per heavy atom. The summed E-state index contributed by atoms with van der Waals surface area (Å²) in [6.07, 6.45) is 1.84. The van der Waals surface area contributed by atoms with Gasteiger partial charge in [-0.25, -0.2) is 8.42 Å². The highest BCUT2D eigenvalue weighted by atomic mass is 32.2. The van der Waals surface area contributed by atoms with Gasteiger partial charge >= 0.3 is 0 Å². The first kappa shape index (κ1) is 21.0. The van der Waals surface area contributed by atoms with Gasteiger partial charge in [0.2, 0.25) is 15.9 Å². The number of sulfonamides is 1. The van der Waals surface area contributed by atoms with Crippen molar-refractivity contribution in [3.63, 3.8) is 0 Å². The van der Waals surface area contributed by atoms with Crippen LogP contribution in [0, 0.1) is 13.8 Å². The van der Waals surface area contributed by atoms with Crippen LogP contribution in [0.5, 0.6) is 0 Å². The number of amides is 1. The Hall–Kier alpha value is -2.34. The average Bonchev–Trinajstić information content (AvgIpc) is 2.62. The minimum atomic E-state index is -3.63. The van der Waals surface area contributed by atoms with E-state index in [1.807, 2.05) is 57.2 Å². The molecule has 0 aliphatic carbocycles. The van der Waals surface area contributed by atoms with Crippen LogP contribution in [0.2, 0.25) is 0 Å². The van der Waals surface area contributed by atoms with Crippen LogP contribution in [0.1, 0.15) is 43.0 Å². The molecule has 0 fully saturated rings. The number of nitrogens with zero attached hydrogens (tertiary/aromatic N) is 1. The first-order valence-corrected chi connectivity index (χ1v) is 10.9. The topological polar surface area (TPSA) is 66.5 Å². The van der Waals surface area contributed by atoms with Gasteiger partial charge in [-0.05, 0) is 56.0 Å². The van der Waals surface area contributed by atoms with Crippen molar-refractivity contribution in [2.24, 2.45) is 0 Å². The van der Waals surface area contributed by atoms with Crippen molar-refractivity contribution in [2.75, 3.05) is 10.6 Å². The summed E-state index contributed by atoms with van der Waals surface area (Å²) in [6.45, 7) is 7.49. The molecule has 0 saturated carbocycles. The Morgan fingerprint density at radius 1 is 1.07 bits per heavy atom. The van der Waals surface area contributed by atoms with Crippen LogP contribution in [-0.4, -0.2) is 26.6 Å². The fraction of sp³-hybridized carbons (Fsp3) is 0.381. The average molecular weight is 389 g/mol. The van der Waals surface area contributed by atoms with E-state index in [2.05, 4.69) is 5.32 Å². The van der Waals surface area contributed by atoms with Gasteiger partial charge in [-0.15, -0.1) is 0 Å². The van der Waals surface area contributed by atoms with Crippen LogP contribution in [0.3, 0.4) is 0 Å². The van der Waals surface area contributed by atoms with E-state index < -0.39 is 16.1 Å². The molecule has 146 valence electrons. The Labute approximate surface area is 162 Å². The van der Waals surface area contributed by atoms with E-state index in [4.69, 9.17) is 0 Å². The molecule has 0 spiro atoms. The van der Waals surface area contributed by atoms with E-state index in [1.54, 1.807) is 19.1 Å². The van der Waals surface area contributed by atoms with Crippen LogP contribution in [0.25, 0.3) is 0 Å². The second-order valence-corrected chi connectivity index (χ2v) is 8.74. The maximum atomic E-state index is 12.9. The number of rotatable bonds is 7. The van der Waals surface area contributed by atoms with Crippen molar-refractivity contribution in [1.29, 1.82) is 0 Å². The Bertz CT molecular complexity index is 895. The van der Waals surface area contributed by atoms with Crippen LogP contribution in [0.15, 0.2) is 48.5 Å². The minimum absolute atomic E-state index is 0.165. The van der Waals surface area contributed by atoms with E-state index >= 15 is 0 Å². The number of carbonyl (C=O) groups excluding carboxylic acids is 1. The molecule has 0 aliphatic heterocycles. The zero-order chi connectivity index (χ0) is 20.2. The third kappa shape index (κ3) is 5.10. The molecule has 0 aliphatic rings. The summed E-state index contributed by atoms with van der Waals surface area (Å²) in [7, 11) is -3.63. The molecule has 0 bridgehead atoms. The Morgan fingerprint density at radius 3 is 2.22 bits per heavy atom. The molecule has 0 saturated heterocycles. The largest absolute Gasteiger partial charge is 0.347 e. The summed E-state index contributed by atoms with van der Waals surface area (Å²) in [4.78, 5) is 12.9. The van der Waals surface area contributed by atoms with Crippen LogP contribution < -0.4 is 9.62 Å². The number of anilines is 1. The first-order valence-electron chi connectivity index (χ1n) is 9.07. The molecule has 1 amide bonds. The summed E-state index contributed by atoms with van der Waals surface area (Å²) in [5.41, 5.74) is 3.54. The highest BCUT2D eigenvalue weighted by molar-refractivity contribution is 7.92. The smallest absolute Gasteiger partial charge is 0.244 e. The maximum Gasteiger partial charge on any atom is 0.244 e. The van der Waals surface area contributed by atoms with Gasteiger partial charge in [0.15, 0.2) is 0 Å². The fourth-order valence-electron chi connectivity index (χ4n) is 3.07. The minimum Gasteiger partial charge on any atom is -0.347 e. The maximum absolute atomic E-state index is 12.9. The SMILES string of the molecule is CC[C@@H](NC(=O)[C@H](C)N(c1ccc(C)c(C)c1)S(C)(=O)=O)c1ccccc1. The highest BCUT2D eigenvalue weighted by Gasteiger charge is 2.30. The lowest BCUT2D eigenvalue weighted by molar-refractivity contribution is -0.122. The predicted octanol–water partition coefficient (Wildman–Crippen LogP) is 3.73. The molecule has 1 N–H and O–H groups in total. The number of nitrogens with one attached hydrogen (secondary N) is 1. The van der Waals surface area contributed by atoms with Gasteiger partial charge in [0.05, 0.1) is 18.0 Å². The highest BCUT2D eigenvalue weighted by Crippen LogP contribution is 2.24. The number of benzene rings is 2. The number of carbonyl (C=O) groups is 1.